The molecule has 0 radical (unpaired) electrons. The maximum atomic E-state index is 11.9. The highest BCUT2D eigenvalue weighted by molar-refractivity contribution is 5.99. The predicted octanol–water partition coefficient (Wildman–Crippen LogP) is 2.74. The summed E-state index contributed by atoms with van der Waals surface area (Å²) in [6, 6.07) is 7.60. The Morgan fingerprint density at radius 3 is 2.37 bits per heavy atom. The molecule has 0 bridgehead atoms. The molecule has 3 nitrogen and oxygen atoms in total. The van der Waals surface area contributed by atoms with Gasteiger partial charge in [-0.15, -0.1) is 0 Å². The summed E-state index contributed by atoms with van der Waals surface area (Å²) < 4.78 is 0. The quantitative estimate of drug-likeness (QED) is 0.826. The lowest BCUT2D eigenvalue weighted by atomic mass is 10.1. The Morgan fingerprint density at radius 2 is 1.79 bits per heavy atom. The number of benzene rings is 1. The van der Waals surface area contributed by atoms with E-state index in [0.29, 0.717) is 5.56 Å². The van der Waals surface area contributed by atoms with Crippen LogP contribution in [-0.4, -0.2) is 18.2 Å². The fraction of sp³-hybridized carbons (Fsp3) is 0.500. The predicted molar refractivity (Wildman–Crippen MR) is 75.1 cm³/mol. The number of carbonyl (C=O) groups is 2. The molecule has 0 unspecified atom stereocenters. The molecule has 102 valence electrons. The minimum absolute atomic E-state index is 0.0194. The summed E-state index contributed by atoms with van der Waals surface area (Å²) in [6.45, 7) is 2.19. The number of ketones is 1. The van der Waals surface area contributed by atoms with Gasteiger partial charge in [-0.05, 0) is 24.8 Å². The third kappa shape index (κ3) is 3.66. The molecule has 1 aliphatic rings. The van der Waals surface area contributed by atoms with Crippen LogP contribution in [-0.2, 0) is 11.2 Å². The van der Waals surface area contributed by atoms with Gasteiger partial charge in [0.2, 0.25) is 5.91 Å². The van der Waals surface area contributed by atoms with Gasteiger partial charge in [-0.1, -0.05) is 44.0 Å². The van der Waals surface area contributed by atoms with Crippen molar-refractivity contribution in [2.24, 2.45) is 5.92 Å². The van der Waals surface area contributed by atoms with E-state index in [1.165, 1.54) is 5.56 Å². The van der Waals surface area contributed by atoms with Crippen LogP contribution in [0.4, 0.5) is 0 Å². The molecule has 0 atom stereocenters. The normalized spacial score (nSPS) is 15.4. The SMILES string of the molecule is CCc1ccc(C(=O)CNC(=O)C2CCCC2)cc1. The molecule has 1 fully saturated rings. The second-order valence-corrected chi connectivity index (χ2v) is 5.17. The van der Waals surface area contributed by atoms with Crippen LogP contribution in [0.3, 0.4) is 0 Å². The molecular weight excluding hydrogens is 238 g/mol. The summed E-state index contributed by atoms with van der Waals surface area (Å²) in [4.78, 5) is 23.8. The molecule has 2 rings (SSSR count). The van der Waals surface area contributed by atoms with E-state index in [4.69, 9.17) is 0 Å². The zero-order valence-corrected chi connectivity index (χ0v) is 11.4. The third-order valence-electron chi connectivity index (χ3n) is 3.83. The Morgan fingerprint density at radius 1 is 1.16 bits per heavy atom. The van der Waals surface area contributed by atoms with Gasteiger partial charge in [0.1, 0.15) is 0 Å². The molecule has 1 N–H and O–H groups in total. The topological polar surface area (TPSA) is 46.2 Å². The Balaban J connectivity index is 1.84. The molecule has 0 heterocycles. The Hall–Kier alpha value is -1.64. The van der Waals surface area contributed by atoms with Gasteiger partial charge in [0.05, 0.1) is 6.54 Å². The largest absolute Gasteiger partial charge is 0.348 e. The number of Topliss-reactive ketones (excluding diaryl/α,β-unsaturated/α-hetero) is 1. The molecule has 1 aromatic carbocycles. The van der Waals surface area contributed by atoms with Gasteiger partial charge in [-0.3, -0.25) is 9.59 Å². The lowest BCUT2D eigenvalue weighted by Gasteiger charge is -2.09. The first-order chi connectivity index (χ1) is 9.20. The molecule has 3 heteroatoms. The van der Waals surface area contributed by atoms with Crippen molar-refractivity contribution in [1.82, 2.24) is 5.32 Å². The van der Waals surface area contributed by atoms with Crippen LogP contribution in [0.2, 0.25) is 0 Å². The minimum atomic E-state index is -0.0194. The zero-order valence-electron chi connectivity index (χ0n) is 11.4. The molecule has 0 spiro atoms. The smallest absolute Gasteiger partial charge is 0.223 e. The fourth-order valence-corrected chi connectivity index (χ4v) is 2.53. The number of amides is 1. The monoisotopic (exact) mass is 259 g/mol. The molecule has 1 amide bonds. The van der Waals surface area contributed by atoms with E-state index in [2.05, 4.69) is 12.2 Å². The van der Waals surface area contributed by atoms with Gasteiger partial charge in [-0.25, -0.2) is 0 Å². The Labute approximate surface area is 114 Å². The maximum Gasteiger partial charge on any atom is 0.223 e. The number of nitrogens with one attached hydrogen (secondary N) is 1. The van der Waals surface area contributed by atoms with Crippen molar-refractivity contribution in [3.63, 3.8) is 0 Å². The Kier molecular flexibility index (Phi) is 4.72. The van der Waals surface area contributed by atoms with E-state index in [0.717, 1.165) is 32.1 Å². The summed E-state index contributed by atoms with van der Waals surface area (Å²) >= 11 is 0. The lowest BCUT2D eigenvalue weighted by molar-refractivity contribution is -0.124. The summed E-state index contributed by atoms with van der Waals surface area (Å²) in [5.74, 6) is 0.139. The van der Waals surface area contributed by atoms with Crippen LogP contribution >= 0.6 is 0 Å². The molecule has 19 heavy (non-hydrogen) atoms. The number of carbonyl (C=O) groups excluding carboxylic acids is 2. The molecule has 0 aromatic heterocycles. The van der Waals surface area contributed by atoms with Crippen LogP contribution < -0.4 is 5.32 Å². The van der Waals surface area contributed by atoms with Crippen molar-refractivity contribution in [3.8, 4) is 0 Å². The first-order valence-corrected chi connectivity index (χ1v) is 7.10. The van der Waals surface area contributed by atoms with Gasteiger partial charge >= 0.3 is 0 Å². The van der Waals surface area contributed by atoms with Crippen molar-refractivity contribution in [3.05, 3.63) is 35.4 Å². The first kappa shape index (κ1) is 13.8. The van der Waals surface area contributed by atoms with E-state index in [9.17, 15) is 9.59 Å². The van der Waals surface area contributed by atoms with Crippen molar-refractivity contribution in [2.45, 2.75) is 39.0 Å². The second-order valence-electron chi connectivity index (χ2n) is 5.17. The summed E-state index contributed by atoms with van der Waals surface area (Å²) in [6.07, 6.45) is 5.15. The van der Waals surface area contributed by atoms with Crippen LogP contribution in [0.1, 0.15) is 48.5 Å². The van der Waals surface area contributed by atoms with Crippen molar-refractivity contribution < 1.29 is 9.59 Å². The highest BCUT2D eigenvalue weighted by Gasteiger charge is 2.22. The van der Waals surface area contributed by atoms with E-state index in [1.807, 2.05) is 24.3 Å². The highest BCUT2D eigenvalue weighted by atomic mass is 16.2. The molecule has 0 saturated heterocycles. The zero-order chi connectivity index (χ0) is 13.7. The van der Waals surface area contributed by atoms with Gasteiger partial charge < -0.3 is 5.32 Å². The van der Waals surface area contributed by atoms with E-state index < -0.39 is 0 Å². The highest BCUT2D eigenvalue weighted by Crippen LogP contribution is 2.24. The minimum Gasteiger partial charge on any atom is -0.348 e. The number of hydrogen-bond donors (Lipinski definition) is 1. The maximum absolute atomic E-state index is 11.9. The second kappa shape index (κ2) is 6.50. The summed E-state index contributed by atoms with van der Waals surface area (Å²) in [5.41, 5.74) is 1.88. The van der Waals surface area contributed by atoms with Crippen LogP contribution in [0, 0.1) is 5.92 Å². The van der Waals surface area contributed by atoms with E-state index in [-0.39, 0.29) is 24.2 Å². The number of hydrogen-bond acceptors (Lipinski definition) is 2. The van der Waals surface area contributed by atoms with Crippen LogP contribution in [0.15, 0.2) is 24.3 Å². The molecular formula is C16H21NO2. The van der Waals surface area contributed by atoms with Gasteiger partial charge in [0.25, 0.3) is 0 Å². The van der Waals surface area contributed by atoms with Crippen LogP contribution in [0.5, 0.6) is 0 Å². The van der Waals surface area contributed by atoms with Crippen LogP contribution in [0.25, 0.3) is 0 Å². The standard InChI is InChI=1S/C16H21NO2/c1-2-12-7-9-13(10-8-12)15(18)11-17-16(19)14-5-3-4-6-14/h7-10,14H,2-6,11H2,1H3,(H,17,19). The summed E-state index contributed by atoms with van der Waals surface area (Å²) in [7, 11) is 0. The first-order valence-electron chi connectivity index (χ1n) is 7.10. The average Bonchev–Trinajstić information content (AvgIpc) is 2.98. The number of rotatable bonds is 5. The van der Waals surface area contributed by atoms with Crippen molar-refractivity contribution in [1.29, 1.82) is 0 Å². The number of aryl methyl sites for hydroxylation is 1. The average molecular weight is 259 g/mol. The van der Waals surface area contributed by atoms with E-state index >= 15 is 0 Å². The van der Waals surface area contributed by atoms with Gasteiger partial charge in [0, 0.05) is 11.5 Å². The summed E-state index contributed by atoms with van der Waals surface area (Å²) in [5, 5.41) is 2.76. The van der Waals surface area contributed by atoms with Gasteiger partial charge in [0.15, 0.2) is 5.78 Å². The van der Waals surface area contributed by atoms with Gasteiger partial charge in [-0.2, -0.15) is 0 Å². The fourth-order valence-electron chi connectivity index (χ4n) is 2.53. The molecule has 0 aliphatic heterocycles. The van der Waals surface area contributed by atoms with E-state index in [1.54, 1.807) is 0 Å². The van der Waals surface area contributed by atoms with Crippen molar-refractivity contribution >= 4 is 11.7 Å². The molecule has 1 aliphatic carbocycles. The lowest BCUT2D eigenvalue weighted by Crippen LogP contribution is -2.33. The third-order valence-corrected chi connectivity index (χ3v) is 3.83. The molecule has 1 saturated carbocycles. The molecule has 1 aromatic rings. The Bertz CT molecular complexity index is 444. The van der Waals surface area contributed by atoms with Crippen molar-refractivity contribution in [2.75, 3.05) is 6.54 Å².